The van der Waals surface area contributed by atoms with Crippen LogP contribution in [0.15, 0.2) is 279 Å². The number of anilines is 6. The average molecular weight is 923 g/mol. The number of fused-ring (bicyclic) bond motifs is 5. The van der Waals surface area contributed by atoms with Crippen LogP contribution in [0.3, 0.4) is 0 Å². The Morgan fingerprint density at radius 2 is 0.648 bits per heavy atom. The van der Waals surface area contributed by atoms with E-state index in [1.165, 1.54) is 75.1 Å². The maximum Gasteiger partial charge on any atom is 0.0476 e. The largest absolute Gasteiger partial charge is 0.310 e. The molecule has 1 aromatic heterocycles. The summed E-state index contributed by atoms with van der Waals surface area (Å²) in [6, 6.07) is 102. The first-order valence-corrected chi connectivity index (χ1v) is 25.0. The molecule has 0 bridgehead atoms. The van der Waals surface area contributed by atoms with Gasteiger partial charge in [-0.25, -0.2) is 0 Å². The van der Waals surface area contributed by atoms with Crippen molar-refractivity contribution in [1.29, 1.82) is 0 Å². The van der Waals surface area contributed by atoms with Crippen LogP contribution >= 0.6 is 11.3 Å². The molecule has 0 unspecified atom stereocenters. The van der Waals surface area contributed by atoms with Crippen LogP contribution in [0.5, 0.6) is 0 Å². The molecule has 12 aromatic carbocycles. The summed E-state index contributed by atoms with van der Waals surface area (Å²) in [6.45, 7) is 0. The van der Waals surface area contributed by atoms with E-state index in [2.05, 4.69) is 289 Å². The third-order valence-corrected chi connectivity index (χ3v) is 14.9. The predicted molar refractivity (Wildman–Crippen MR) is 305 cm³/mol. The maximum atomic E-state index is 2.41. The molecule has 0 radical (unpaired) electrons. The maximum absolute atomic E-state index is 2.41. The Kier molecular flexibility index (Phi) is 10.8. The van der Waals surface area contributed by atoms with E-state index >= 15 is 0 Å². The van der Waals surface area contributed by atoms with Gasteiger partial charge in [-0.1, -0.05) is 194 Å². The van der Waals surface area contributed by atoms with Gasteiger partial charge in [-0.15, -0.1) is 11.3 Å². The molecule has 0 spiro atoms. The first kappa shape index (κ1) is 42.1. The zero-order valence-electron chi connectivity index (χ0n) is 38.9. The fourth-order valence-electron chi connectivity index (χ4n) is 10.3. The molecule has 71 heavy (non-hydrogen) atoms. The fourth-order valence-corrected chi connectivity index (χ4v) is 11.4. The van der Waals surface area contributed by atoms with Crippen molar-refractivity contribution < 1.29 is 0 Å². The highest BCUT2D eigenvalue weighted by Gasteiger charge is 2.19. The van der Waals surface area contributed by atoms with Gasteiger partial charge in [0.1, 0.15) is 0 Å². The summed E-state index contributed by atoms with van der Waals surface area (Å²) < 4.78 is 2.57. The number of hydrogen-bond donors (Lipinski definition) is 0. The lowest BCUT2D eigenvalue weighted by Gasteiger charge is -2.27. The van der Waals surface area contributed by atoms with Gasteiger partial charge in [0.05, 0.1) is 0 Å². The molecule has 0 saturated heterocycles. The minimum atomic E-state index is 1.08. The molecule has 3 heteroatoms. The second-order valence-corrected chi connectivity index (χ2v) is 19.2. The molecular formula is C68H46N2S. The Balaban J connectivity index is 0.909. The molecular weight excluding hydrogens is 877 g/mol. The van der Waals surface area contributed by atoms with Crippen molar-refractivity contribution >= 4 is 87.2 Å². The lowest BCUT2D eigenvalue weighted by Crippen LogP contribution is -2.10. The molecule has 13 aromatic rings. The second kappa shape index (κ2) is 18.1. The van der Waals surface area contributed by atoms with Gasteiger partial charge in [-0.05, 0) is 151 Å². The van der Waals surface area contributed by atoms with Crippen molar-refractivity contribution in [2.24, 2.45) is 0 Å². The highest BCUT2D eigenvalue weighted by molar-refractivity contribution is 7.25. The van der Waals surface area contributed by atoms with E-state index in [1.54, 1.807) is 0 Å². The van der Waals surface area contributed by atoms with Gasteiger partial charge in [0.25, 0.3) is 0 Å². The molecule has 0 N–H and O–H groups in total. The van der Waals surface area contributed by atoms with E-state index in [0.717, 1.165) is 45.3 Å². The Morgan fingerprint density at radius 3 is 1.34 bits per heavy atom. The zero-order chi connectivity index (χ0) is 47.1. The Morgan fingerprint density at radius 1 is 0.211 bits per heavy atom. The van der Waals surface area contributed by atoms with Crippen molar-refractivity contribution in [3.8, 4) is 44.5 Å². The van der Waals surface area contributed by atoms with Gasteiger partial charge in [-0.3, -0.25) is 0 Å². The highest BCUT2D eigenvalue weighted by atomic mass is 32.1. The van der Waals surface area contributed by atoms with E-state index in [-0.39, 0.29) is 0 Å². The first-order chi connectivity index (χ1) is 35.2. The lowest BCUT2D eigenvalue weighted by atomic mass is 9.98. The van der Waals surface area contributed by atoms with E-state index in [9.17, 15) is 0 Å². The SMILES string of the molecule is c1ccc(-c2cccc(N(c3cccc(-c4cccc(N(c5ccc(-c6ccc7ccccc7c6)cc5)c5ccc(-c6cccc7ccccc67)cc5)c4)c3)c3ccc4c(c3)sc3ccccc34)c2)cc1. The first-order valence-electron chi connectivity index (χ1n) is 24.2. The van der Waals surface area contributed by atoms with Crippen LogP contribution in [0.25, 0.3) is 86.2 Å². The van der Waals surface area contributed by atoms with Gasteiger partial charge in [0.2, 0.25) is 0 Å². The van der Waals surface area contributed by atoms with Crippen LogP contribution in [0.1, 0.15) is 0 Å². The van der Waals surface area contributed by atoms with E-state index in [0.29, 0.717) is 0 Å². The number of benzene rings is 12. The minimum absolute atomic E-state index is 1.08. The smallest absolute Gasteiger partial charge is 0.0476 e. The number of rotatable bonds is 10. The molecule has 0 aliphatic carbocycles. The molecule has 0 amide bonds. The van der Waals surface area contributed by atoms with E-state index in [4.69, 9.17) is 0 Å². The predicted octanol–water partition coefficient (Wildman–Crippen LogP) is 20.0. The molecule has 0 fully saturated rings. The second-order valence-electron chi connectivity index (χ2n) is 18.1. The monoisotopic (exact) mass is 922 g/mol. The molecule has 2 nitrogen and oxygen atoms in total. The average Bonchev–Trinajstić information content (AvgIpc) is 3.82. The molecule has 0 aliphatic rings. The van der Waals surface area contributed by atoms with Crippen LogP contribution in [-0.2, 0) is 0 Å². The molecule has 1 heterocycles. The minimum Gasteiger partial charge on any atom is -0.310 e. The van der Waals surface area contributed by atoms with Gasteiger partial charge in [-0.2, -0.15) is 0 Å². The van der Waals surface area contributed by atoms with Crippen molar-refractivity contribution in [3.05, 3.63) is 279 Å². The molecule has 0 saturated carbocycles. The third-order valence-electron chi connectivity index (χ3n) is 13.8. The van der Waals surface area contributed by atoms with Crippen LogP contribution in [0, 0.1) is 0 Å². The van der Waals surface area contributed by atoms with Crippen LogP contribution in [-0.4, -0.2) is 0 Å². The van der Waals surface area contributed by atoms with Gasteiger partial charge in [0.15, 0.2) is 0 Å². The molecule has 0 atom stereocenters. The summed E-state index contributed by atoms with van der Waals surface area (Å²) in [7, 11) is 0. The Labute approximate surface area is 418 Å². The van der Waals surface area contributed by atoms with Crippen molar-refractivity contribution in [2.45, 2.75) is 0 Å². The fraction of sp³-hybridized carbons (Fsp3) is 0. The lowest BCUT2D eigenvalue weighted by molar-refractivity contribution is 1.28. The number of hydrogen-bond acceptors (Lipinski definition) is 3. The van der Waals surface area contributed by atoms with Crippen molar-refractivity contribution in [1.82, 2.24) is 0 Å². The molecule has 0 aliphatic heterocycles. The van der Waals surface area contributed by atoms with Crippen LogP contribution in [0.2, 0.25) is 0 Å². The summed E-state index contributed by atoms with van der Waals surface area (Å²) in [4.78, 5) is 4.79. The quantitative estimate of drug-likeness (QED) is 0.135. The van der Waals surface area contributed by atoms with E-state index in [1.807, 2.05) is 11.3 Å². The summed E-state index contributed by atoms with van der Waals surface area (Å²) in [5, 5.41) is 7.56. The third kappa shape index (κ3) is 8.08. The van der Waals surface area contributed by atoms with Crippen LogP contribution < -0.4 is 9.80 Å². The summed E-state index contributed by atoms with van der Waals surface area (Å²) >= 11 is 1.85. The van der Waals surface area contributed by atoms with Gasteiger partial charge < -0.3 is 9.80 Å². The van der Waals surface area contributed by atoms with Crippen molar-refractivity contribution in [2.75, 3.05) is 9.80 Å². The molecule has 13 rings (SSSR count). The van der Waals surface area contributed by atoms with Crippen molar-refractivity contribution in [3.63, 3.8) is 0 Å². The van der Waals surface area contributed by atoms with Crippen LogP contribution in [0.4, 0.5) is 34.1 Å². The van der Waals surface area contributed by atoms with Gasteiger partial charge >= 0.3 is 0 Å². The summed E-state index contributed by atoms with van der Waals surface area (Å²) in [5.41, 5.74) is 16.0. The Hall–Kier alpha value is -9.02. The zero-order valence-corrected chi connectivity index (χ0v) is 39.7. The molecule has 334 valence electrons. The standard InChI is InChI=1S/C68H46N2S/c1-2-14-47(15-3-1)53-20-10-24-60(43-53)70(62-40-41-66-65-27-8-9-29-67(65)71-68(66)46-62)61-25-12-22-55(45-61)54-21-11-23-59(44-54)69(57-36-32-49(33-37-57)56-31-30-48-16-4-5-18-52(48)42-56)58-38-34-51(35-39-58)64-28-13-19-50-17-6-7-26-63(50)64/h1-46H. The normalized spacial score (nSPS) is 11.4. The topological polar surface area (TPSA) is 6.48 Å². The van der Waals surface area contributed by atoms with E-state index < -0.39 is 0 Å². The highest BCUT2D eigenvalue weighted by Crippen LogP contribution is 2.44. The number of nitrogens with zero attached hydrogens (tertiary/aromatic N) is 2. The van der Waals surface area contributed by atoms with Gasteiger partial charge in [0, 0.05) is 54.3 Å². The summed E-state index contributed by atoms with van der Waals surface area (Å²) in [5.74, 6) is 0. The Bertz CT molecular complexity index is 4050. The number of thiophene rings is 1. The summed E-state index contributed by atoms with van der Waals surface area (Å²) in [6.07, 6.45) is 0.